The Bertz CT molecular complexity index is 338. The van der Waals surface area contributed by atoms with Gasteiger partial charge in [-0.2, -0.15) is 0 Å². The molecule has 0 fully saturated rings. The molecule has 0 aliphatic carbocycles. The van der Waals surface area contributed by atoms with Crippen molar-refractivity contribution in [3.05, 3.63) is 29.8 Å². The maximum atomic E-state index is 5.40. The number of rotatable bonds is 10. The van der Waals surface area contributed by atoms with Crippen LogP contribution in [-0.2, 0) is 0 Å². The Morgan fingerprint density at radius 1 is 1.05 bits per heavy atom. The molecule has 1 rings (SSSR count). The first-order valence-corrected chi connectivity index (χ1v) is 7.66. The number of ether oxygens (including phenoxy) is 1. The van der Waals surface area contributed by atoms with E-state index >= 15 is 0 Å². The summed E-state index contributed by atoms with van der Waals surface area (Å²) in [4.78, 5) is 0. The van der Waals surface area contributed by atoms with Crippen molar-refractivity contribution in [2.75, 3.05) is 13.7 Å². The SMILES string of the molecule is CCCCCCCCN[C@H](C)c1ccccc1OC. The lowest BCUT2D eigenvalue weighted by atomic mass is 10.1. The fraction of sp³-hybridized carbons (Fsp3) is 0.647. The Labute approximate surface area is 118 Å². The van der Waals surface area contributed by atoms with Crippen molar-refractivity contribution < 1.29 is 4.74 Å². The maximum Gasteiger partial charge on any atom is 0.123 e. The Hall–Kier alpha value is -1.02. The molecule has 0 bridgehead atoms. The number of nitrogens with one attached hydrogen (secondary N) is 1. The quantitative estimate of drug-likeness (QED) is 0.617. The van der Waals surface area contributed by atoms with Gasteiger partial charge in [-0.15, -0.1) is 0 Å². The molecule has 2 nitrogen and oxygen atoms in total. The third-order valence-corrected chi connectivity index (χ3v) is 3.59. The molecular formula is C17H29NO. The van der Waals surface area contributed by atoms with Gasteiger partial charge in [0, 0.05) is 11.6 Å². The van der Waals surface area contributed by atoms with E-state index in [1.165, 1.54) is 44.1 Å². The van der Waals surface area contributed by atoms with E-state index in [-0.39, 0.29) is 0 Å². The van der Waals surface area contributed by atoms with Crippen molar-refractivity contribution in [3.8, 4) is 5.75 Å². The van der Waals surface area contributed by atoms with Crippen LogP contribution >= 0.6 is 0 Å². The van der Waals surface area contributed by atoms with Crippen LogP contribution in [0, 0.1) is 0 Å². The van der Waals surface area contributed by atoms with Gasteiger partial charge in [0.2, 0.25) is 0 Å². The molecule has 0 radical (unpaired) electrons. The third-order valence-electron chi connectivity index (χ3n) is 3.59. The molecule has 1 aromatic carbocycles. The van der Waals surface area contributed by atoms with Gasteiger partial charge < -0.3 is 10.1 Å². The fourth-order valence-electron chi connectivity index (χ4n) is 2.36. The van der Waals surface area contributed by atoms with Gasteiger partial charge in [0.05, 0.1) is 7.11 Å². The van der Waals surface area contributed by atoms with Gasteiger partial charge in [0.15, 0.2) is 0 Å². The van der Waals surface area contributed by atoms with Gasteiger partial charge in [0.1, 0.15) is 5.75 Å². The average molecular weight is 263 g/mol. The van der Waals surface area contributed by atoms with Crippen LogP contribution in [0.15, 0.2) is 24.3 Å². The van der Waals surface area contributed by atoms with E-state index < -0.39 is 0 Å². The number of para-hydroxylation sites is 1. The molecule has 0 aromatic heterocycles. The molecule has 0 amide bonds. The monoisotopic (exact) mass is 263 g/mol. The van der Waals surface area contributed by atoms with Crippen molar-refractivity contribution in [2.24, 2.45) is 0 Å². The third kappa shape index (κ3) is 6.11. The van der Waals surface area contributed by atoms with E-state index in [1.807, 2.05) is 12.1 Å². The zero-order chi connectivity index (χ0) is 13.9. The van der Waals surface area contributed by atoms with Crippen LogP contribution in [0.25, 0.3) is 0 Å². The molecule has 2 heteroatoms. The van der Waals surface area contributed by atoms with Gasteiger partial charge in [-0.05, 0) is 26.0 Å². The first-order valence-electron chi connectivity index (χ1n) is 7.66. The molecule has 108 valence electrons. The molecule has 0 saturated carbocycles. The molecule has 0 saturated heterocycles. The van der Waals surface area contributed by atoms with Crippen LogP contribution in [0.1, 0.15) is 64.0 Å². The largest absolute Gasteiger partial charge is 0.496 e. The van der Waals surface area contributed by atoms with Crippen LogP contribution in [0.5, 0.6) is 5.75 Å². The topological polar surface area (TPSA) is 21.3 Å². The number of methoxy groups -OCH3 is 1. The molecule has 1 aromatic rings. The van der Waals surface area contributed by atoms with Crippen LogP contribution in [-0.4, -0.2) is 13.7 Å². The summed E-state index contributed by atoms with van der Waals surface area (Å²) in [5.74, 6) is 0.977. The number of benzene rings is 1. The van der Waals surface area contributed by atoms with E-state index in [9.17, 15) is 0 Å². The van der Waals surface area contributed by atoms with Gasteiger partial charge in [0.25, 0.3) is 0 Å². The van der Waals surface area contributed by atoms with E-state index in [4.69, 9.17) is 4.74 Å². The first kappa shape index (κ1) is 16.0. The standard InChI is InChI=1S/C17H29NO/c1-4-5-6-7-8-11-14-18-15(2)16-12-9-10-13-17(16)19-3/h9-10,12-13,15,18H,4-8,11,14H2,1-3H3/t15-/m1/s1. The summed E-state index contributed by atoms with van der Waals surface area (Å²) >= 11 is 0. The molecule has 1 atom stereocenters. The zero-order valence-corrected chi connectivity index (χ0v) is 12.7. The second-order valence-corrected chi connectivity index (χ2v) is 5.19. The van der Waals surface area contributed by atoms with E-state index in [1.54, 1.807) is 7.11 Å². The van der Waals surface area contributed by atoms with Crippen molar-refractivity contribution in [1.29, 1.82) is 0 Å². The number of hydrogen-bond donors (Lipinski definition) is 1. The van der Waals surface area contributed by atoms with Crippen LogP contribution in [0.3, 0.4) is 0 Å². The molecule has 0 aliphatic rings. The van der Waals surface area contributed by atoms with E-state index in [2.05, 4.69) is 31.3 Å². The highest BCUT2D eigenvalue weighted by molar-refractivity contribution is 5.35. The summed E-state index contributed by atoms with van der Waals surface area (Å²) in [5.41, 5.74) is 1.25. The number of hydrogen-bond acceptors (Lipinski definition) is 2. The molecule has 0 aliphatic heterocycles. The van der Waals surface area contributed by atoms with Gasteiger partial charge in [-0.25, -0.2) is 0 Å². The first-order chi connectivity index (χ1) is 9.29. The second-order valence-electron chi connectivity index (χ2n) is 5.19. The molecular weight excluding hydrogens is 234 g/mol. The maximum absolute atomic E-state index is 5.40. The normalized spacial score (nSPS) is 12.4. The summed E-state index contributed by atoms with van der Waals surface area (Å²) in [6, 6.07) is 8.60. The van der Waals surface area contributed by atoms with Crippen molar-refractivity contribution >= 4 is 0 Å². The van der Waals surface area contributed by atoms with Crippen molar-refractivity contribution in [1.82, 2.24) is 5.32 Å². The minimum atomic E-state index is 0.354. The highest BCUT2D eigenvalue weighted by atomic mass is 16.5. The summed E-state index contributed by atoms with van der Waals surface area (Å²) in [5, 5.41) is 3.58. The minimum Gasteiger partial charge on any atom is -0.496 e. The van der Waals surface area contributed by atoms with Crippen molar-refractivity contribution in [3.63, 3.8) is 0 Å². The minimum absolute atomic E-state index is 0.354. The lowest BCUT2D eigenvalue weighted by molar-refractivity contribution is 0.401. The lowest BCUT2D eigenvalue weighted by Crippen LogP contribution is -2.20. The number of unbranched alkanes of at least 4 members (excludes halogenated alkanes) is 5. The molecule has 0 unspecified atom stereocenters. The fourth-order valence-corrected chi connectivity index (χ4v) is 2.36. The van der Waals surface area contributed by atoms with E-state index in [0.29, 0.717) is 6.04 Å². The summed E-state index contributed by atoms with van der Waals surface area (Å²) < 4.78 is 5.40. The van der Waals surface area contributed by atoms with Crippen LogP contribution < -0.4 is 10.1 Å². The summed E-state index contributed by atoms with van der Waals surface area (Å²) in [6.45, 7) is 5.55. The Balaban J connectivity index is 2.22. The predicted molar refractivity (Wildman–Crippen MR) is 82.8 cm³/mol. The summed E-state index contributed by atoms with van der Waals surface area (Å²) in [6.07, 6.45) is 8.07. The predicted octanol–water partition coefficient (Wildman–Crippen LogP) is 4.71. The van der Waals surface area contributed by atoms with Crippen molar-refractivity contribution in [2.45, 2.75) is 58.4 Å². The molecule has 1 N–H and O–H groups in total. The van der Waals surface area contributed by atoms with Gasteiger partial charge in [-0.1, -0.05) is 57.2 Å². The highest BCUT2D eigenvalue weighted by Crippen LogP contribution is 2.24. The van der Waals surface area contributed by atoms with Gasteiger partial charge >= 0.3 is 0 Å². The smallest absolute Gasteiger partial charge is 0.123 e. The zero-order valence-electron chi connectivity index (χ0n) is 12.7. The van der Waals surface area contributed by atoms with Gasteiger partial charge in [-0.3, -0.25) is 0 Å². The van der Waals surface area contributed by atoms with Crippen LogP contribution in [0.2, 0.25) is 0 Å². The molecule has 0 heterocycles. The van der Waals surface area contributed by atoms with E-state index in [0.717, 1.165) is 12.3 Å². The summed E-state index contributed by atoms with van der Waals surface area (Å²) in [7, 11) is 1.74. The second kappa shape index (κ2) is 9.85. The Morgan fingerprint density at radius 3 is 2.47 bits per heavy atom. The average Bonchev–Trinajstić information content (AvgIpc) is 2.46. The Morgan fingerprint density at radius 2 is 1.74 bits per heavy atom. The lowest BCUT2D eigenvalue weighted by Gasteiger charge is -2.17. The van der Waals surface area contributed by atoms with Crippen LogP contribution in [0.4, 0.5) is 0 Å². The molecule has 0 spiro atoms. The molecule has 19 heavy (non-hydrogen) atoms. The Kier molecular flexibility index (Phi) is 8.31. The highest BCUT2D eigenvalue weighted by Gasteiger charge is 2.09.